The average Bonchev–Trinajstić information content (AvgIpc) is 2.33. The second-order valence-corrected chi connectivity index (χ2v) is 7.16. The summed E-state index contributed by atoms with van der Waals surface area (Å²) in [6.07, 6.45) is 1.03. The van der Waals surface area contributed by atoms with Crippen LogP contribution in [0.25, 0.3) is 11.1 Å². The molecule has 0 atom stereocenters. The van der Waals surface area contributed by atoms with E-state index in [9.17, 15) is 8.42 Å². The average molecular weight is 355 g/mol. The highest BCUT2D eigenvalue weighted by atomic mass is 79.9. The Bertz CT molecular complexity index is 734. The van der Waals surface area contributed by atoms with Gasteiger partial charge in [-0.25, -0.2) is 0 Å². The number of rotatable bonds is 3. The molecular formula is C15H15BrO3S. The fourth-order valence-electron chi connectivity index (χ4n) is 1.96. The van der Waals surface area contributed by atoms with Gasteiger partial charge in [0.1, 0.15) is 5.75 Å². The molecule has 2 aromatic carbocycles. The monoisotopic (exact) mass is 354 g/mol. The zero-order chi connectivity index (χ0) is 14.9. The van der Waals surface area contributed by atoms with Crippen molar-refractivity contribution in [3.8, 4) is 16.9 Å². The molecule has 0 unspecified atom stereocenters. The number of hydrogen-bond acceptors (Lipinski definition) is 3. The third kappa shape index (κ3) is 3.61. The van der Waals surface area contributed by atoms with Gasteiger partial charge in [0, 0.05) is 4.47 Å². The Hall–Kier alpha value is -1.33. The molecule has 0 radical (unpaired) electrons. The summed E-state index contributed by atoms with van der Waals surface area (Å²) < 4.78 is 28.0. The molecule has 0 spiro atoms. The van der Waals surface area contributed by atoms with Crippen LogP contribution < -0.4 is 4.18 Å². The molecule has 0 saturated heterocycles. The summed E-state index contributed by atoms with van der Waals surface area (Å²) in [5.41, 5.74) is 4.46. The summed E-state index contributed by atoms with van der Waals surface area (Å²) in [4.78, 5) is 0. The van der Waals surface area contributed by atoms with E-state index in [0.717, 1.165) is 33.0 Å². The van der Waals surface area contributed by atoms with Gasteiger partial charge in [-0.2, -0.15) is 8.42 Å². The van der Waals surface area contributed by atoms with Crippen molar-refractivity contribution < 1.29 is 12.6 Å². The van der Waals surface area contributed by atoms with E-state index in [1.165, 1.54) is 0 Å². The summed E-state index contributed by atoms with van der Waals surface area (Å²) in [5, 5.41) is 0. The first kappa shape index (κ1) is 15.1. The maximum absolute atomic E-state index is 11.1. The molecule has 0 amide bonds. The molecule has 0 aliphatic carbocycles. The Morgan fingerprint density at radius 2 is 1.60 bits per heavy atom. The topological polar surface area (TPSA) is 43.4 Å². The van der Waals surface area contributed by atoms with Crippen LogP contribution in [0.5, 0.6) is 5.75 Å². The number of hydrogen-bond donors (Lipinski definition) is 0. The van der Waals surface area contributed by atoms with Crippen molar-refractivity contribution >= 4 is 26.0 Å². The van der Waals surface area contributed by atoms with Crippen molar-refractivity contribution in [1.29, 1.82) is 0 Å². The fraction of sp³-hybridized carbons (Fsp3) is 0.200. The lowest BCUT2D eigenvalue weighted by molar-refractivity contribution is 0.493. The van der Waals surface area contributed by atoms with E-state index in [-0.39, 0.29) is 0 Å². The molecule has 0 fully saturated rings. The molecule has 20 heavy (non-hydrogen) atoms. The second kappa shape index (κ2) is 5.58. The molecule has 0 aromatic heterocycles. The fourth-order valence-corrected chi connectivity index (χ4v) is 2.88. The zero-order valence-corrected chi connectivity index (χ0v) is 13.9. The Balaban J connectivity index is 2.38. The lowest BCUT2D eigenvalue weighted by Crippen LogP contribution is -2.05. The minimum atomic E-state index is -3.48. The number of halogens is 1. The predicted octanol–water partition coefficient (Wildman–Crippen LogP) is 4.07. The van der Waals surface area contributed by atoms with E-state index in [1.54, 1.807) is 12.1 Å². The molecule has 0 aliphatic heterocycles. The normalized spacial score (nSPS) is 11.4. The summed E-state index contributed by atoms with van der Waals surface area (Å²) in [5.74, 6) is 0.322. The van der Waals surface area contributed by atoms with Gasteiger partial charge in [0.15, 0.2) is 0 Å². The van der Waals surface area contributed by atoms with E-state index in [0.29, 0.717) is 5.75 Å². The van der Waals surface area contributed by atoms with E-state index < -0.39 is 10.1 Å². The minimum Gasteiger partial charge on any atom is -0.383 e. The van der Waals surface area contributed by atoms with Gasteiger partial charge in [-0.15, -0.1) is 0 Å². The summed E-state index contributed by atoms with van der Waals surface area (Å²) >= 11 is 3.51. The van der Waals surface area contributed by atoms with Gasteiger partial charge in [-0.3, -0.25) is 0 Å². The standard InChI is InChI=1S/C15H15BrO3S/c1-10-9-15(16)11(2)8-14(10)12-4-6-13(7-5-12)19-20(3,17)18/h4-9H,1-3H3. The van der Waals surface area contributed by atoms with Crippen LogP contribution in [0.3, 0.4) is 0 Å². The first-order valence-corrected chi connectivity index (χ1v) is 8.64. The Labute approximate surface area is 127 Å². The van der Waals surface area contributed by atoms with E-state index in [2.05, 4.69) is 28.1 Å². The van der Waals surface area contributed by atoms with Gasteiger partial charge in [0.05, 0.1) is 6.26 Å². The summed E-state index contributed by atoms with van der Waals surface area (Å²) in [6, 6.07) is 11.2. The highest BCUT2D eigenvalue weighted by Crippen LogP contribution is 2.30. The van der Waals surface area contributed by atoms with Crippen molar-refractivity contribution in [1.82, 2.24) is 0 Å². The largest absolute Gasteiger partial charge is 0.383 e. The van der Waals surface area contributed by atoms with Crippen LogP contribution in [0, 0.1) is 13.8 Å². The van der Waals surface area contributed by atoms with E-state index in [1.807, 2.05) is 26.0 Å². The minimum absolute atomic E-state index is 0.322. The van der Waals surface area contributed by atoms with Crippen molar-refractivity contribution in [3.63, 3.8) is 0 Å². The zero-order valence-electron chi connectivity index (χ0n) is 11.5. The molecule has 0 aliphatic rings. The summed E-state index contributed by atoms with van der Waals surface area (Å²) in [6.45, 7) is 4.08. The smallest absolute Gasteiger partial charge is 0.306 e. The van der Waals surface area contributed by atoms with Crippen LogP contribution in [0.4, 0.5) is 0 Å². The quantitative estimate of drug-likeness (QED) is 0.780. The van der Waals surface area contributed by atoms with E-state index >= 15 is 0 Å². The van der Waals surface area contributed by atoms with Gasteiger partial charge in [-0.1, -0.05) is 34.1 Å². The van der Waals surface area contributed by atoms with Crippen molar-refractivity contribution in [2.24, 2.45) is 0 Å². The Morgan fingerprint density at radius 1 is 1.00 bits per heavy atom. The van der Waals surface area contributed by atoms with Crippen LogP contribution >= 0.6 is 15.9 Å². The van der Waals surface area contributed by atoms with Crippen molar-refractivity contribution in [2.45, 2.75) is 13.8 Å². The SMILES string of the molecule is Cc1cc(-c2ccc(OS(C)(=O)=O)cc2)c(C)cc1Br. The molecule has 2 aromatic rings. The maximum Gasteiger partial charge on any atom is 0.306 e. The second-order valence-electron chi connectivity index (χ2n) is 4.73. The molecule has 3 nitrogen and oxygen atoms in total. The highest BCUT2D eigenvalue weighted by Gasteiger charge is 2.07. The summed E-state index contributed by atoms with van der Waals surface area (Å²) in [7, 11) is -3.48. The highest BCUT2D eigenvalue weighted by molar-refractivity contribution is 9.10. The Kier molecular flexibility index (Phi) is 4.20. The van der Waals surface area contributed by atoms with E-state index in [4.69, 9.17) is 4.18 Å². The molecule has 0 saturated carbocycles. The van der Waals surface area contributed by atoms with Crippen molar-refractivity contribution in [3.05, 3.63) is 52.0 Å². The lowest BCUT2D eigenvalue weighted by Gasteiger charge is -2.10. The molecule has 0 bridgehead atoms. The molecule has 5 heteroatoms. The van der Waals surface area contributed by atoms with Gasteiger partial charge < -0.3 is 4.18 Å². The molecule has 106 valence electrons. The number of aryl methyl sites for hydroxylation is 2. The Morgan fingerprint density at radius 3 is 2.15 bits per heavy atom. The third-order valence-corrected chi connectivity index (χ3v) is 4.27. The van der Waals surface area contributed by atoms with Gasteiger partial charge in [0.2, 0.25) is 0 Å². The van der Waals surface area contributed by atoms with Gasteiger partial charge >= 0.3 is 10.1 Å². The third-order valence-electron chi connectivity index (χ3n) is 2.92. The molecule has 2 rings (SSSR count). The first-order chi connectivity index (χ1) is 9.26. The van der Waals surface area contributed by atoms with Crippen LogP contribution in [0.2, 0.25) is 0 Å². The predicted molar refractivity (Wildman–Crippen MR) is 84.5 cm³/mol. The molecule has 0 N–H and O–H groups in total. The molecule has 0 heterocycles. The van der Waals surface area contributed by atoms with Crippen LogP contribution in [0.15, 0.2) is 40.9 Å². The van der Waals surface area contributed by atoms with Gasteiger partial charge in [-0.05, 0) is 54.3 Å². The van der Waals surface area contributed by atoms with Crippen LogP contribution in [-0.4, -0.2) is 14.7 Å². The first-order valence-electron chi connectivity index (χ1n) is 6.03. The van der Waals surface area contributed by atoms with Crippen LogP contribution in [0.1, 0.15) is 11.1 Å². The van der Waals surface area contributed by atoms with Crippen molar-refractivity contribution in [2.75, 3.05) is 6.26 Å². The van der Waals surface area contributed by atoms with Gasteiger partial charge in [0.25, 0.3) is 0 Å². The maximum atomic E-state index is 11.1. The molecular weight excluding hydrogens is 340 g/mol. The lowest BCUT2D eigenvalue weighted by atomic mass is 9.98. The van der Waals surface area contributed by atoms with Crippen LogP contribution in [-0.2, 0) is 10.1 Å². The number of benzene rings is 2.